The zero-order valence-corrected chi connectivity index (χ0v) is 18.2. The van der Waals surface area contributed by atoms with Gasteiger partial charge >= 0.3 is 0 Å². The van der Waals surface area contributed by atoms with Crippen LogP contribution in [0.15, 0.2) is 41.3 Å². The van der Waals surface area contributed by atoms with E-state index in [0.717, 1.165) is 22.4 Å². The molecule has 146 valence electrons. The number of amides is 1. The minimum absolute atomic E-state index is 0.126. The second-order valence-electron chi connectivity index (χ2n) is 6.44. The van der Waals surface area contributed by atoms with Gasteiger partial charge in [0, 0.05) is 17.6 Å². The molecule has 0 saturated carbocycles. The van der Waals surface area contributed by atoms with E-state index in [-0.39, 0.29) is 5.91 Å². The van der Waals surface area contributed by atoms with E-state index in [1.807, 2.05) is 26.0 Å². The number of thioether (sulfide) groups is 1. The van der Waals surface area contributed by atoms with Crippen molar-refractivity contribution in [2.45, 2.75) is 13.8 Å². The molecule has 0 radical (unpaired) electrons. The molecule has 1 amide bonds. The Balaban J connectivity index is 1.68. The maximum Gasteiger partial charge on any atom is 0.265 e. The molecule has 28 heavy (non-hydrogen) atoms. The summed E-state index contributed by atoms with van der Waals surface area (Å²) in [6.45, 7) is 4.84. The standard InChI is InChI=1S/C21H20ClNO3S2/c1-13-8-14(2)10-17(9-13)25-6-7-26-18-5-4-16(22)11-15(18)12-19-20(24)23(3)21(27)28-19/h4-5,8-12H,6-7H2,1-3H3. The predicted octanol–water partition coefficient (Wildman–Crippen LogP) is 5.25. The van der Waals surface area contributed by atoms with Gasteiger partial charge in [-0.3, -0.25) is 9.69 Å². The van der Waals surface area contributed by atoms with Gasteiger partial charge in [0.15, 0.2) is 0 Å². The fourth-order valence-corrected chi connectivity index (χ4v) is 4.13. The Morgan fingerprint density at radius 2 is 1.79 bits per heavy atom. The summed E-state index contributed by atoms with van der Waals surface area (Å²) in [5.41, 5.74) is 3.04. The number of carbonyl (C=O) groups excluding carboxylic acids is 1. The molecule has 1 saturated heterocycles. The number of nitrogens with zero attached hydrogens (tertiary/aromatic N) is 1. The number of hydrogen-bond donors (Lipinski definition) is 0. The summed E-state index contributed by atoms with van der Waals surface area (Å²) in [6, 6.07) is 11.4. The smallest absolute Gasteiger partial charge is 0.265 e. The molecular formula is C21H20ClNO3S2. The van der Waals surface area contributed by atoms with Crippen molar-refractivity contribution >= 4 is 51.9 Å². The van der Waals surface area contributed by atoms with Crippen molar-refractivity contribution in [1.82, 2.24) is 4.90 Å². The predicted molar refractivity (Wildman–Crippen MR) is 119 cm³/mol. The lowest BCUT2D eigenvalue weighted by molar-refractivity contribution is -0.121. The molecule has 0 aromatic heterocycles. The lowest BCUT2D eigenvalue weighted by atomic mass is 10.1. The molecule has 1 aliphatic rings. The molecule has 0 aliphatic carbocycles. The molecule has 0 unspecified atom stereocenters. The van der Waals surface area contributed by atoms with Gasteiger partial charge in [0.1, 0.15) is 29.0 Å². The Hall–Kier alpha value is -2.02. The van der Waals surface area contributed by atoms with E-state index in [1.165, 1.54) is 16.7 Å². The third-order valence-electron chi connectivity index (χ3n) is 4.05. The Morgan fingerprint density at radius 1 is 1.11 bits per heavy atom. The van der Waals surface area contributed by atoms with Gasteiger partial charge in [0.05, 0.1) is 4.91 Å². The van der Waals surface area contributed by atoms with E-state index in [4.69, 9.17) is 33.3 Å². The van der Waals surface area contributed by atoms with E-state index in [1.54, 1.807) is 31.3 Å². The van der Waals surface area contributed by atoms with Gasteiger partial charge in [0.2, 0.25) is 0 Å². The van der Waals surface area contributed by atoms with Crippen LogP contribution < -0.4 is 9.47 Å². The van der Waals surface area contributed by atoms with Crippen LogP contribution in [0.5, 0.6) is 11.5 Å². The number of halogens is 1. The topological polar surface area (TPSA) is 38.8 Å². The van der Waals surface area contributed by atoms with Crippen molar-refractivity contribution in [3.05, 3.63) is 63.0 Å². The van der Waals surface area contributed by atoms with Gasteiger partial charge in [-0.25, -0.2) is 0 Å². The van der Waals surface area contributed by atoms with Crippen molar-refractivity contribution in [2.24, 2.45) is 0 Å². The molecule has 0 bridgehead atoms. The molecule has 1 fully saturated rings. The van der Waals surface area contributed by atoms with E-state index in [2.05, 4.69) is 6.07 Å². The number of likely N-dealkylation sites (N-methyl/N-ethyl adjacent to an activating group) is 1. The minimum atomic E-state index is -0.126. The molecule has 3 rings (SSSR count). The van der Waals surface area contributed by atoms with Gasteiger partial charge in [0.25, 0.3) is 5.91 Å². The van der Waals surface area contributed by atoms with Crippen LogP contribution >= 0.6 is 35.6 Å². The fraction of sp³-hybridized carbons (Fsp3) is 0.238. The summed E-state index contributed by atoms with van der Waals surface area (Å²) in [7, 11) is 1.66. The third kappa shape index (κ3) is 5.07. The molecule has 0 spiro atoms. The van der Waals surface area contributed by atoms with Crippen LogP contribution in [-0.4, -0.2) is 35.4 Å². The first-order valence-electron chi connectivity index (χ1n) is 8.68. The third-order valence-corrected chi connectivity index (χ3v) is 5.77. The quantitative estimate of drug-likeness (QED) is 0.353. The Kier molecular flexibility index (Phi) is 6.65. The maximum absolute atomic E-state index is 12.2. The molecule has 0 atom stereocenters. The van der Waals surface area contributed by atoms with Crippen LogP contribution in [0.25, 0.3) is 6.08 Å². The van der Waals surface area contributed by atoms with Crippen LogP contribution in [0.1, 0.15) is 16.7 Å². The number of benzene rings is 2. The summed E-state index contributed by atoms with van der Waals surface area (Å²) in [4.78, 5) is 14.2. The summed E-state index contributed by atoms with van der Waals surface area (Å²) in [6.07, 6.45) is 1.76. The highest BCUT2D eigenvalue weighted by Crippen LogP contribution is 2.34. The zero-order chi connectivity index (χ0) is 20.3. The first kappa shape index (κ1) is 20.7. The fourth-order valence-electron chi connectivity index (χ4n) is 2.78. The Morgan fingerprint density at radius 3 is 2.43 bits per heavy atom. The first-order chi connectivity index (χ1) is 13.3. The van der Waals surface area contributed by atoms with E-state index < -0.39 is 0 Å². The first-order valence-corrected chi connectivity index (χ1v) is 10.3. The van der Waals surface area contributed by atoms with Gasteiger partial charge < -0.3 is 9.47 Å². The van der Waals surface area contributed by atoms with Crippen LogP contribution in [0.3, 0.4) is 0 Å². The number of rotatable bonds is 6. The zero-order valence-electron chi connectivity index (χ0n) is 15.8. The maximum atomic E-state index is 12.2. The number of carbonyl (C=O) groups is 1. The molecule has 2 aromatic rings. The van der Waals surface area contributed by atoms with Crippen LogP contribution in [0, 0.1) is 13.8 Å². The largest absolute Gasteiger partial charge is 0.490 e. The summed E-state index contributed by atoms with van der Waals surface area (Å²) in [5, 5.41) is 0.567. The normalized spacial score (nSPS) is 15.4. The molecule has 1 heterocycles. The molecule has 0 N–H and O–H groups in total. The Labute approximate surface area is 179 Å². The number of hydrogen-bond acceptors (Lipinski definition) is 5. The van der Waals surface area contributed by atoms with Crippen molar-refractivity contribution in [2.75, 3.05) is 20.3 Å². The van der Waals surface area contributed by atoms with Crippen molar-refractivity contribution in [3.63, 3.8) is 0 Å². The lowest BCUT2D eigenvalue weighted by Gasteiger charge is -2.12. The van der Waals surface area contributed by atoms with E-state index in [9.17, 15) is 4.79 Å². The number of aryl methyl sites for hydroxylation is 2. The van der Waals surface area contributed by atoms with Crippen molar-refractivity contribution < 1.29 is 14.3 Å². The van der Waals surface area contributed by atoms with Crippen molar-refractivity contribution in [1.29, 1.82) is 0 Å². The average molecular weight is 434 g/mol. The monoisotopic (exact) mass is 433 g/mol. The Bertz CT molecular complexity index is 938. The SMILES string of the molecule is Cc1cc(C)cc(OCCOc2ccc(Cl)cc2C=C2SC(=S)N(C)C2=O)c1. The van der Waals surface area contributed by atoms with Crippen LogP contribution in [-0.2, 0) is 4.79 Å². The summed E-state index contributed by atoms with van der Waals surface area (Å²) in [5.74, 6) is 1.33. The summed E-state index contributed by atoms with van der Waals surface area (Å²) < 4.78 is 12.2. The number of thiocarbonyl (C=S) groups is 1. The molecule has 7 heteroatoms. The van der Waals surface area contributed by atoms with Gasteiger partial charge in [-0.2, -0.15) is 0 Å². The second-order valence-corrected chi connectivity index (χ2v) is 8.56. The average Bonchev–Trinajstić information content (AvgIpc) is 2.86. The highest BCUT2D eigenvalue weighted by molar-refractivity contribution is 8.26. The molecule has 4 nitrogen and oxygen atoms in total. The van der Waals surface area contributed by atoms with E-state index in [0.29, 0.717) is 33.2 Å². The van der Waals surface area contributed by atoms with Gasteiger partial charge in [-0.15, -0.1) is 0 Å². The number of ether oxygens (including phenoxy) is 2. The van der Waals surface area contributed by atoms with Gasteiger partial charge in [-0.05, 0) is 61.4 Å². The molecular weight excluding hydrogens is 414 g/mol. The highest BCUT2D eigenvalue weighted by Gasteiger charge is 2.29. The van der Waals surface area contributed by atoms with Gasteiger partial charge in [-0.1, -0.05) is 41.6 Å². The van der Waals surface area contributed by atoms with E-state index >= 15 is 0 Å². The highest BCUT2D eigenvalue weighted by atomic mass is 35.5. The van der Waals surface area contributed by atoms with Crippen LogP contribution in [0.4, 0.5) is 0 Å². The minimum Gasteiger partial charge on any atom is -0.490 e. The molecule has 2 aromatic carbocycles. The summed E-state index contributed by atoms with van der Waals surface area (Å²) >= 11 is 12.6. The molecule has 1 aliphatic heterocycles. The van der Waals surface area contributed by atoms with Crippen LogP contribution in [0.2, 0.25) is 5.02 Å². The second kappa shape index (κ2) is 8.99. The lowest BCUT2D eigenvalue weighted by Crippen LogP contribution is -2.22. The van der Waals surface area contributed by atoms with Crippen molar-refractivity contribution in [3.8, 4) is 11.5 Å².